The van der Waals surface area contributed by atoms with Gasteiger partial charge in [0.1, 0.15) is 30.4 Å². The highest BCUT2D eigenvalue weighted by Crippen LogP contribution is 2.27. The van der Waals surface area contributed by atoms with Gasteiger partial charge in [-0.2, -0.15) is 0 Å². The van der Waals surface area contributed by atoms with Crippen LogP contribution in [0, 0.1) is 11.6 Å². The lowest BCUT2D eigenvalue weighted by molar-refractivity contribution is -0.527. The van der Waals surface area contributed by atoms with Crippen LogP contribution >= 0.6 is 11.6 Å². The SMILES string of the molecule is CN1C(=O)C2C(=NC3=[N+]2CC(c2ccc(F)cc2)=NN3Cc2c(F)cccc2Cl)N(C)C1=O. The minimum Gasteiger partial charge on any atom is -0.270 e. The highest BCUT2D eigenvalue weighted by Gasteiger charge is 2.54. The molecule has 3 aliphatic heterocycles. The lowest BCUT2D eigenvalue weighted by Crippen LogP contribution is -2.62. The molecule has 0 N–H and O–H groups in total. The zero-order valence-electron chi connectivity index (χ0n) is 17.7. The summed E-state index contributed by atoms with van der Waals surface area (Å²) >= 11 is 6.24. The minimum absolute atomic E-state index is 0.0623. The van der Waals surface area contributed by atoms with Crippen LogP contribution in [0.5, 0.6) is 0 Å². The highest BCUT2D eigenvalue weighted by molar-refractivity contribution is 6.31. The molecule has 33 heavy (non-hydrogen) atoms. The molecule has 0 saturated carbocycles. The lowest BCUT2D eigenvalue weighted by atomic mass is 10.1. The number of likely N-dealkylation sites (N-methyl/N-ethyl adjacent to an activating group) is 2. The number of halogens is 3. The second-order valence-corrected chi connectivity index (χ2v) is 8.26. The number of benzene rings is 2. The Morgan fingerprint density at radius 3 is 2.52 bits per heavy atom. The van der Waals surface area contributed by atoms with E-state index in [2.05, 4.69) is 10.1 Å². The number of guanidine groups is 1. The first-order valence-electron chi connectivity index (χ1n) is 10.1. The molecular formula is C22H18ClF2N6O2+. The first-order chi connectivity index (χ1) is 15.8. The molecule has 3 heterocycles. The molecule has 5 rings (SSSR count). The number of imide groups is 1. The molecule has 3 aliphatic rings. The average Bonchev–Trinajstić information content (AvgIpc) is 3.19. The number of amides is 3. The monoisotopic (exact) mass is 471 g/mol. The summed E-state index contributed by atoms with van der Waals surface area (Å²) in [5.41, 5.74) is 1.37. The van der Waals surface area contributed by atoms with Crippen molar-refractivity contribution in [1.29, 1.82) is 0 Å². The fourth-order valence-corrected chi connectivity index (χ4v) is 4.29. The molecule has 2 aromatic carbocycles. The van der Waals surface area contributed by atoms with Gasteiger partial charge in [-0.3, -0.25) is 14.6 Å². The second-order valence-electron chi connectivity index (χ2n) is 7.85. The number of rotatable bonds is 3. The highest BCUT2D eigenvalue weighted by atomic mass is 35.5. The largest absolute Gasteiger partial charge is 0.417 e. The Labute approximate surface area is 192 Å². The summed E-state index contributed by atoms with van der Waals surface area (Å²) < 4.78 is 29.8. The van der Waals surface area contributed by atoms with E-state index in [4.69, 9.17) is 11.6 Å². The van der Waals surface area contributed by atoms with Gasteiger partial charge >= 0.3 is 12.0 Å². The van der Waals surface area contributed by atoms with Gasteiger partial charge in [-0.1, -0.05) is 34.8 Å². The number of fused-ring (bicyclic) bond motifs is 2. The van der Waals surface area contributed by atoms with Crippen molar-refractivity contribution in [1.82, 2.24) is 14.8 Å². The Hall–Kier alpha value is -3.66. The van der Waals surface area contributed by atoms with E-state index in [1.807, 2.05) is 0 Å². The molecule has 2 aromatic rings. The number of amidine groups is 1. The van der Waals surface area contributed by atoms with Crippen LogP contribution in [0.2, 0.25) is 5.02 Å². The summed E-state index contributed by atoms with van der Waals surface area (Å²) in [7, 11) is 2.95. The van der Waals surface area contributed by atoms with Crippen molar-refractivity contribution in [3.8, 4) is 0 Å². The van der Waals surface area contributed by atoms with Crippen LogP contribution in [0.15, 0.2) is 52.6 Å². The summed E-state index contributed by atoms with van der Waals surface area (Å²) in [6.45, 7) is 0.120. The molecule has 1 unspecified atom stereocenters. The van der Waals surface area contributed by atoms with Crippen molar-refractivity contribution in [3.63, 3.8) is 0 Å². The van der Waals surface area contributed by atoms with E-state index in [0.717, 1.165) is 4.90 Å². The molecule has 1 saturated heterocycles. The molecule has 0 aromatic heterocycles. The van der Waals surface area contributed by atoms with Crippen molar-refractivity contribution < 1.29 is 22.9 Å². The third-order valence-corrected chi connectivity index (χ3v) is 6.20. The Morgan fingerprint density at radius 2 is 1.82 bits per heavy atom. The maximum Gasteiger partial charge on any atom is 0.417 e. The normalized spacial score (nSPS) is 20.2. The van der Waals surface area contributed by atoms with Crippen LogP contribution in [-0.4, -0.2) is 75.5 Å². The summed E-state index contributed by atoms with van der Waals surface area (Å²) in [4.78, 5) is 32.4. The Kier molecular flexibility index (Phi) is 4.97. The molecule has 168 valence electrons. The topological polar surface area (TPSA) is 71.6 Å². The fraction of sp³-hybridized carbons (Fsp3) is 0.227. The zero-order chi connectivity index (χ0) is 23.4. The maximum absolute atomic E-state index is 14.6. The van der Waals surface area contributed by atoms with Crippen LogP contribution in [0.1, 0.15) is 11.1 Å². The number of nitrogens with zero attached hydrogens (tertiary/aromatic N) is 6. The molecule has 0 bridgehead atoms. The van der Waals surface area contributed by atoms with Gasteiger partial charge in [0.25, 0.3) is 5.91 Å². The lowest BCUT2D eigenvalue weighted by Gasteiger charge is -2.32. The number of carbonyl (C=O) groups excluding carboxylic acids is 2. The molecule has 0 radical (unpaired) electrons. The van der Waals surface area contributed by atoms with Crippen LogP contribution < -0.4 is 0 Å². The first kappa shape index (κ1) is 21.2. The van der Waals surface area contributed by atoms with E-state index >= 15 is 0 Å². The summed E-state index contributed by atoms with van der Waals surface area (Å²) in [5, 5.41) is 6.30. The van der Waals surface area contributed by atoms with E-state index in [0.29, 0.717) is 17.2 Å². The molecule has 0 spiro atoms. The Balaban J connectivity index is 1.62. The van der Waals surface area contributed by atoms with Gasteiger partial charge in [0.2, 0.25) is 11.9 Å². The van der Waals surface area contributed by atoms with E-state index in [9.17, 15) is 18.4 Å². The van der Waals surface area contributed by atoms with Crippen molar-refractivity contribution in [2.24, 2.45) is 10.1 Å². The van der Waals surface area contributed by atoms with Crippen molar-refractivity contribution >= 4 is 41.0 Å². The average molecular weight is 472 g/mol. The molecule has 1 fully saturated rings. The van der Waals surface area contributed by atoms with Gasteiger partial charge in [0, 0.05) is 30.2 Å². The zero-order valence-corrected chi connectivity index (χ0v) is 18.4. The quantitative estimate of drug-likeness (QED) is 0.646. The number of urea groups is 1. The van der Waals surface area contributed by atoms with Crippen LogP contribution in [0.3, 0.4) is 0 Å². The van der Waals surface area contributed by atoms with Gasteiger partial charge in [-0.15, -0.1) is 10.1 Å². The fourth-order valence-electron chi connectivity index (χ4n) is 4.07. The maximum atomic E-state index is 14.6. The Bertz CT molecular complexity index is 1270. The first-order valence-corrected chi connectivity index (χ1v) is 10.5. The van der Waals surface area contributed by atoms with E-state index in [1.54, 1.807) is 22.8 Å². The van der Waals surface area contributed by atoms with Crippen molar-refractivity contribution in [2.75, 3.05) is 20.6 Å². The minimum atomic E-state index is -0.850. The van der Waals surface area contributed by atoms with Crippen LogP contribution in [0.25, 0.3) is 0 Å². The third kappa shape index (κ3) is 3.37. The van der Waals surface area contributed by atoms with Gasteiger partial charge < -0.3 is 0 Å². The predicted molar refractivity (Wildman–Crippen MR) is 117 cm³/mol. The summed E-state index contributed by atoms with van der Waals surface area (Å²) in [5.74, 6) is -0.781. The third-order valence-electron chi connectivity index (χ3n) is 5.85. The Morgan fingerprint density at radius 1 is 1.09 bits per heavy atom. The van der Waals surface area contributed by atoms with E-state index in [-0.39, 0.29) is 29.5 Å². The second kappa shape index (κ2) is 7.73. The number of hydrazone groups is 1. The number of aliphatic imine (C=N–C) groups is 1. The van der Waals surface area contributed by atoms with Gasteiger partial charge in [-0.05, 0) is 24.3 Å². The number of hydrogen-bond donors (Lipinski definition) is 0. The molecule has 3 amide bonds. The molecular weight excluding hydrogens is 454 g/mol. The molecule has 8 nitrogen and oxygen atoms in total. The summed E-state index contributed by atoms with van der Waals surface area (Å²) in [6.07, 6.45) is 0. The van der Waals surface area contributed by atoms with Gasteiger partial charge in [-0.25, -0.2) is 18.2 Å². The standard InChI is InChI=1S/C22H18ClF2N6O2/c1-28-19-18(20(32)29(2)22(28)33)30-11-17(12-6-8-13(24)9-7-12)27-31(21(30)26-19)10-14-15(23)4-3-5-16(14)25/h3-9,18H,10-11H2,1-2H3/q+1. The van der Waals surface area contributed by atoms with Gasteiger partial charge in [0.15, 0.2) is 0 Å². The van der Waals surface area contributed by atoms with Crippen LogP contribution in [0.4, 0.5) is 13.6 Å². The van der Waals surface area contributed by atoms with Crippen molar-refractivity contribution in [2.45, 2.75) is 12.6 Å². The number of carbonyl (C=O) groups is 2. The smallest absolute Gasteiger partial charge is 0.270 e. The van der Waals surface area contributed by atoms with E-state index < -0.39 is 29.6 Å². The van der Waals surface area contributed by atoms with E-state index in [1.165, 1.54) is 48.3 Å². The molecule has 0 aliphatic carbocycles. The van der Waals surface area contributed by atoms with Gasteiger partial charge in [0.05, 0.1) is 0 Å². The summed E-state index contributed by atoms with van der Waals surface area (Å²) in [6, 6.07) is 8.80. The van der Waals surface area contributed by atoms with Crippen LogP contribution in [-0.2, 0) is 11.3 Å². The molecule has 11 heteroatoms. The predicted octanol–water partition coefficient (Wildman–Crippen LogP) is 2.51. The molecule has 1 atom stereocenters. The number of hydrogen-bond acceptors (Lipinski definition) is 5. The van der Waals surface area contributed by atoms with Crippen molar-refractivity contribution in [3.05, 3.63) is 70.2 Å².